The molecule has 2 amide bonds. The molecule has 1 heterocycles. The molecule has 3 atom stereocenters. The van der Waals surface area contributed by atoms with E-state index in [9.17, 15) is 27.6 Å². The van der Waals surface area contributed by atoms with E-state index in [0.717, 1.165) is 0 Å². The number of nitrogens with zero attached hydrogens (tertiary/aromatic N) is 1. The predicted octanol–water partition coefficient (Wildman–Crippen LogP) is 2.92. The number of carbonyl (C=O) groups is 3. The van der Waals surface area contributed by atoms with Crippen molar-refractivity contribution in [2.45, 2.75) is 18.1 Å². The van der Waals surface area contributed by atoms with Crippen LogP contribution >= 0.6 is 0 Å². The number of ether oxygens (including phenoxy) is 1. The number of halogens is 4. The minimum atomic E-state index is -3.76. The van der Waals surface area contributed by atoms with E-state index in [4.69, 9.17) is 9.84 Å². The number of hydrogen-bond donors (Lipinski definition) is 1. The van der Waals surface area contributed by atoms with Gasteiger partial charge in [-0.3, -0.25) is 19.3 Å². The highest BCUT2D eigenvalue weighted by Crippen LogP contribution is 2.50. The van der Waals surface area contributed by atoms with E-state index in [0.29, 0.717) is 5.75 Å². The number of methoxy groups -OCH3 is 1. The fourth-order valence-corrected chi connectivity index (χ4v) is 3.27. The van der Waals surface area contributed by atoms with Crippen molar-refractivity contribution < 1.29 is 41.8 Å². The van der Waals surface area contributed by atoms with Crippen LogP contribution in [0.3, 0.4) is 0 Å². The summed E-state index contributed by atoms with van der Waals surface area (Å²) in [7, 11) is 1.37. The Morgan fingerprint density at radius 1 is 1.25 bits per heavy atom. The molecule has 1 aromatic carbocycles. The predicted molar refractivity (Wildman–Crippen MR) is 85.6 cm³/mol. The van der Waals surface area contributed by atoms with Gasteiger partial charge in [-0.05, 0) is 23.8 Å². The minimum Gasteiger partial charge on any atom is -0.497 e. The quantitative estimate of drug-likeness (QED) is 0.608. The molecule has 3 unspecified atom stereocenters. The Labute approximate surface area is 155 Å². The van der Waals surface area contributed by atoms with E-state index in [1.807, 2.05) is 0 Å². The molecule has 0 spiro atoms. The Morgan fingerprint density at radius 3 is 2.39 bits per heavy atom. The average Bonchev–Trinajstić information content (AvgIpc) is 2.86. The molecular weight excluding hydrogens is 386 g/mol. The van der Waals surface area contributed by atoms with Crippen molar-refractivity contribution in [2.75, 3.05) is 7.11 Å². The van der Waals surface area contributed by atoms with E-state index in [-0.39, 0.29) is 16.5 Å². The number of imide groups is 1. The van der Waals surface area contributed by atoms with E-state index >= 15 is 4.39 Å². The zero-order valence-electron chi connectivity index (χ0n) is 14.3. The first-order valence-electron chi connectivity index (χ1n) is 7.98. The van der Waals surface area contributed by atoms with Crippen LogP contribution in [-0.2, 0) is 14.4 Å². The van der Waals surface area contributed by atoms with Crippen molar-refractivity contribution in [1.82, 2.24) is 4.90 Å². The second kappa shape index (κ2) is 6.77. The number of allylic oxidation sites excluding steroid dienone is 2. The molecule has 1 N–H and O–H groups in total. The molecule has 6 nitrogen and oxygen atoms in total. The molecule has 148 valence electrons. The normalized spacial score (nSPS) is 25.5. The van der Waals surface area contributed by atoms with Crippen molar-refractivity contribution in [3.8, 4) is 5.75 Å². The van der Waals surface area contributed by atoms with Crippen LogP contribution in [0.4, 0.5) is 17.6 Å². The number of carbonyl (C=O) groups excluding carboxylic acids is 2. The summed E-state index contributed by atoms with van der Waals surface area (Å²) in [5, 5.41) is 9.15. The maximum Gasteiger partial charge on any atom is 0.305 e. The summed E-state index contributed by atoms with van der Waals surface area (Å²) in [5.41, 5.74) is -3.65. The molecule has 0 saturated carbocycles. The third kappa shape index (κ3) is 2.76. The highest BCUT2D eigenvalue weighted by molar-refractivity contribution is 6.12. The molecule has 1 aliphatic heterocycles. The summed E-state index contributed by atoms with van der Waals surface area (Å²) < 4.78 is 61.2. The number of carboxylic acids is 1. The lowest BCUT2D eigenvalue weighted by Gasteiger charge is -2.26. The minimum absolute atomic E-state index is 0.112. The van der Waals surface area contributed by atoms with Gasteiger partial charge < -0.3 is 9.84 Å². The lowest BCUT2D eigenvalue weighted by Crippen LogP contribution is -2.42. The first-order chi connectivity index (χ1) is 13.1. The maximum atomic E-state index is 15.1. The molecule has 1 aromatic rings. The van der Waals surface area contributed by atoms with Gasteiger partial charge >= 0.3 is 5.97 Å². The van der Waals surface area contributed by atoms with Crippen LogP contribution in [-0.4, -0.2) is 40.6 Å². The molecule has 28 heavy (non-hydrogen) atoms. The molecular formula is C18H13F4NO5. The Bertz CT molecular complexity index is 926. The lowest BCUT2D eigenvalue weighted by molar-refractivity contribution is -0.147. The molecule has 0 bridgehead atoms. The summed E-state index contributed by atoms with van der Waals surface area (Å²) in [6, 6.07) is 3.97. The standard InChI is InChI=1S/C18H13F4NO5/c1-28-9-4-2-8(3-5-9)12(7-13(24)25)23-16(26)10-6-11(19)14(20)15(21)18(10,22)17(23)27/h2-6,10,12H,7H2,1H3,(H,24,25). The van der Waals surface area contributed by atoms with Gasteiger partial charge in [-0.25, -0.2) is 17.6 Å². The summed E-state index contributed by atoms with van der Waals surface area (Å²) in [6.07, 6.45) is -0.642. The van der Waals surface area contributed by atoms with Gasteiger partial charge in [0.25, 0.3) is 11.6 Å². The summed E-state index contributed by atoms with van der Waals surface area (Å²) in [4.78, 5) is 36.6. The van der Waals surface area contributed by atoms with Crippen LogP contribution in [0.25, 0.3) is 0 Å². The van der Waals surface area contributed by atoms with E-state index in [1.54, 1.807) is 0 Å². The van der Waals surface area contributed by atoms with Crippen LogP contribution in [0, 0.1) is 5.92 Å². The average molecular weight is 399 g/mol. The fraction of sp³-hybridized carbons (Fsp3) is 0.278. The van der Waals surface area contributed by atoms with Crippen LogP contribution in [0.15, 0.2) is 47.8 Å². The number of carboxylic acid groups (broad SMARTS) is 1. The first kappa shape index (κ1) is 19.6. The largest absolute Gasteiger partial charge is 0.497 e. The fourth-order valence-electron chi connectivity index (χ4n) is 3.27. The highest BCUT2D eigenvalue weighted by Gasteiger charge is 2.67. The SMILES string of the molecule is COc1ccc(C(CC(=O)O)N2C(=O)C3C=C(F)C(F)=C(F)C3(F)C2=O)cc1. The number of alkyl halides is 1. The monoisotopic (exact) mass is 399 g/mol. The second-order valence-corrected chi connectivity index (χ2v) is 6.23. The van der Waals surface area contributed by atoms with Crippen molar-refractivity contribution in [3.63, 3.8) is 0 Å². The summed E-state index contributed by atoms with van der Waals surface area (Å²) in [6.45, 7) is 0. The Kier molecular flexibility index (Phi) is 4.74. The van der Waals surface area contributed by atoms with Crippen LogP contribution in [0.2, 0.25) is 0 Å². The van der Waals surface area contributed by atoms with E-state index in [2.05, 4.69) is 0 Å². The van der Waals surface area contributed by atoms with Gasteiger partial charge in [-0.1, -0.05) is 12.1 Å². The van der Waals surface area contributed by atoms with Gasteiger partial charge in [-0.15, -0.1) is 0 Å². The number of hydrogen-bond acceptors (Lipinski definition) is 4. The molecule has 1 saturated heterocycles. The van der Waals surface area contributed by atoms with Crippen molar-refractivity contribution in [3.05, 3.63) is 53.4 Å². The Hall–Kier alpha value is -3.17. The van der Waals surface area contributed by atoms with Crippen molar-refractivity contribution in [2.24, 2.45) is 5.92 Å². The van der Waals surface area contributed by atoms with Gasteiger partial charge in [0, 0.05) is 0 Å². The molecule has 0 aromatic heterocycles. The third-order valence-electron chi connectivity index (χ3n) is 4.68. The van der Waals surface area contributed by atoms with Gasteiger partial charge in [0.2, 0.25) is 5.91 Å². The second-order valence-electron chi connectivity index (χ2n) is 6.23. The molecule has 3 rings (SSSR count). The van der Waals surface area contributed by atoms with Gasteiger partial charge in [0.15, 0.2) is 17.5 Å². The maximum absolute atomic E-state index is 15.1. The number of fused-ring (bicyclic) bond motifs is 1. The number of amides is 2. The number of aliphatic carboxylic acids is 1. The molecule has 10 heteroatoms. The number of benzene rings is 1. The van der Waals surface area contributed by atoms with Gasteiger partial charge in [0.1, 0.15) is 11.7 Å². The van der Waals surface area contributed by atoms with Crippen LogP contribution in [0.1, 0.15) is 18.0 Å². The number of rotatable bonds is 5. The van der Waals surface area contributed by atoms with E-state index in [1.165, 1.54) is 31.4 Å². The Balaban J connectivity index is 2.10. The van der Waals surface area contributed by atoms with Crippen molar-refractivity contribution >= 4 is 17.8 Å². The van der Waals surface area contributed by atoms with Gasteiger partial charge in [0.05, 0.1) is 19.6 Å². The molecule has 1 fully saturated rings. The molecule has 1 aliphatic carbocycles. The first-order valence-corrected chi connectivity index (χ1v) is 7.98. The van der Waals surface area contributed by atoms with E-state index < -0.39 is 59.3 Å². The van der Waals surface area contributed by atoms with Crippen LogP contribution < -0.4 is 4.74 Å². The van der Waals surface area contributed by atoms with Gasteiger partial charge in [-0.2, -0.15) is 0 Å². The molecule has 2 aliphatic rings. The third-order valence-corrected chi connectivity index (χ3v) is 4.68. The Morgan fingerprint density at radius 2 is 1.86 bits per heavy atom. The van der Waals surface area contributed by atoms with Crippen molar-refractivity contribution in [1.29, 1.82) is 0 Å². The summed E-state index contributed by atoms with van der Waals surface area (Å²) in [5.74, 6) is -12.8. The zero-order chi connectivity index (χ0) is 20.8. The number of likely N-dealkylation sites (tertiary alicyclic amines) is 1. The van der Waals surface area contributed by atoms with Crippen LogP contribution in [0.5, 0.6) is 5.75 Å². The smallest absolute Gasteiger partial charge is 0.305 e. The molecule has 0 radical (unpaired) electrons. The lowest BCUT2D eigenvalue weighted by atomic mass is 9.86. The summed E-state index contributed by atoms with van der Waals surface area (Å²) >= 11 is 0. The zero-order valence-corrected chi connectivity index (χ0v) is 14.3. The highest BCUT2D eigenvalue weighted by atomic mass is 19.2. The topological polar surface area (TPSA) is 83.9 Å².